The molecule has 0 aliphatic carbocycles. The Morgan fingerprint density at radius 2 is 1.94 bits per heavy atom. The molecular weight excluding hydrogens is 214 g/mol. The number of piperidine rings is 1. The molecule has 0 spiro atoms. The summed E-state index contributed by atoms with van der Waals surface area (Å²) >= 11 is 0. The summed E-state index contributed by atoms with van der Waals surface area (Å²) in [4.78, 5) is 16.5. The van der Waals surface area contributed by atoms with E-state index in [1.54, 1.807) is 0 Å². The molecule has 0 bridgehead atoms. The van der Waals surface area contributed by atoms with Gasteiger partial charge in [-0.25, -0.2) is 0 Å². The molecule has 2 heterocycles. The van der Waals surface area contributed by atoms with Gasteiger partial charge in [0.2, 0.25) is 5.91 Å². The van der Waals surface area contributed by atoms with Crippen LogP contribution in [0.4, 0.5) is 0 Å². The molecule has 2 fully saturated rings. The zero-order valence-electron chi connectivity index (χ0n) is 11.1. The molecule has 2 unspecified atom stereocenters. The van der Waals surface area contributed by atoms with Gasteiger partial charge in [0.1, 0.15) is 0 Å². The van der Waals surface area contributed by atoms with Crippen LogP contribution in [0.2, 0.25) is 0 Å². The summed E-state index contributed by atoms with van der Waals surface area (Å²) < 4.78 is 0. The Morgan fingerprint density at radius 1 is 1.24 bits per heavy atom. The van der Waals surface area contributed by atoms with E-state index in [9.17, 15) is 4.79 Å². The predicted molar refractivity (Wildman–Crippen MR) is 68.7 cm³/mol. The van der Waals surface area contributed by atoms with Crippen molar-refractivity contribution in [1.82, 2.24) is 15.1 Å². The minimum atomic E-state index is 0.00121. The summed E-state index contributed by atoms with van der Waals surface area (Å²) in [5, 5.41) is 3.35. The van der Waals surface area contributed by atoms with E-state index in [1.165, 1.54) is 32.4 Å². The van der Waals surface area contributed by atoms with Crippen LogP contribution in [0.5, 0.6) is 0 Å². The summed E-state index contributed by atoms with van der Waals surface area (Å²) in [5.41, 5.74) is 0. The number of carbonyl (C=O) groups is 1. The van der Waals surface area contributed by atoms with Gasteiger partial charge in [0.15, 0.2) is 0 Å². The highest BCUT2D eigenvalue weighted by molar-refractivity contribution is 5.83. The highest BCUT2D eigenvalue weighted by Crippen LogP contribution is 2.14. The predicted octanol–water partition coefficient (Wildman–Crippen LogP) is 1.03. The smallest absolute Gasteiger partial charge is 0.240 e. The van der Waals surface area contributed by atoms with Crippen LogP contribution in [0.3, 0.4) is 0 Å². The van der Waals surface area contributed by atoms with Gasteiger partial charge in [0.25, 0.3) is 0 Å². The highest BCUT2D eigenvalue weighted by Gasteiger charge is 2.34. The average molecular weight is 239 g/mol. The highest BCUT2D eigenvalue weighted by atomic mass is 16.2. The first-order valence-corrected chi connectivity index (χ1v) is 7.01. The number of nitrogens with zero attached hydrogens (tertiary/aromatic N) is 2. The van der Waals surface area contributed by atoms with Crippen molar-refractivity contribution < 1.29 is 4.79 Å². The Kier molecular flexibility index (Phi) is 4.40. The number of carbonyl (C=O) groups excluding carboxylic acids is 1. The van der Waals surface area contributed by atoms with Gasteiger partial charge in [-0.3, -0.25) is 10.1 Å². The molecule has 1 amide bonds. The van der Waals surface area contributed by atoms with Gasteiger partial charge in [-0.05, 0) is 39.3 Å². The zero-order valence-corrected chi connectivity index (χ0v) is 11.1. The Balaban J connectivity index is 1.82. The summed E-state index contributed by atoms with van der Waals surface area (Å²) in [7, 11) is 0. The molecule has 2 rings (SSSR count). The Morgan fingerprint density at radius 3 is 2.59 bits per heavy atom. The van der Waals surface area contributed by atoms with Crippen molar-refractivity contribution in [2.75, 3.05) is 26.2 Å². The Hall–Kier alpha value is -0.610. The topological polar surface area (TPSA) is 35.6 Å². The molecule has 0 radical (unpaired) electrons. The van der Waals surface area contributed by atoms with Crippen LogP contribution in [-0.4, -0.2) is 54.1 Å². The molecule has 2 atom stereocenters. The maximum atomic E-state index is 12.0. The SMILES string of the molecule is CCC1NC(C)C(=O)N1CCN1CCCCC1. The lowest BCUT2D eigenvalue weighted by molar-refractivity contribution is -0.130. The van der Waals surface area contributed by atoms with Crippen molar-refractivity contribution in [2.24, 2.45) is 0 Å². The lowest BCUT2D eigenvalue weighted by Crippen LogP contribution is -2.43. The summed E-state index contributed by atoms with van der Waals surface area (Å²) in [6.45, 7) is 8.44. The molecule has 1 N–H and O–H groups in total. The second-order valence-corrected chi connectivity index (χ2v) is 5.25. The molecule has 0 aromatic heterocycles. The van der Waals surface area contributed by atoms with Crippen LogP contribution in [0.25, 0.3) is 0 Å². The summed E-state index contributed by atoms with van der Waals surface area (Å²) in [6, 6.07) is 0.00121. The largest absolute Gasteiger partial charge is 0.325 e. The van der Waals surface area contributed by atoms with E-state index in [1.807, 2.05) is 11.8 Å². The van der Waals surface area contributed by atoms with Crippen LogP contribution >= 0.6 is 0 Å². The lowest BCUT2D eigenvalue weighted by Gasteiger charge is -2.30. The van der Waals surface area contributed by atoms with Crippen LogP contribution in [0, 0.1) is 0 Å². The normalized spacial score (nSPS) is 31.2. The minimum absolute atomic E-state index is 0.00121. The fraction of sp³-hybridized carbons (Fsp3) is 0.923. The van der Waals surface area contributed by atoms with Gasteiger partial charge >= 0.3 is 0 Å². The maximum Gasteiger partial charge on any atom is 0.240 e. The van der Waals surface area contributed by atoms with Gasteiger partial charge in [-0.15, -0.1) is 0 Å². The van der Waals surface area contributed by atoms with Crippen molar-refractivity contribution in [2.45, 2.75) is 51.7 Å². The van der Waals surface area contributed by atoms with Crippen LogP contribution < -0.4 is 5.32 Å². The third kappa shape index (κ3) is 2.99. The molecule has 2 saturated heterocycles. The van der Waals surface area contributed by atoms with Crippen molar-refractivity contribution in [3.8, 4) is 0 Å². The van der Waals surface area contributed by atoms with E-state index in [0.29, 0.717) is 0 Å². The van der Waals surface area contributed by atoms with Crippen LogP contribution in [0.1, 0.15) is 39.5 Å². The average Bonchev–Trinajstić information content (AvgIpc) is 2.64. The quantitative estimate of drug-likeness (QED) is 0.796. The molecule has 0 aromatic carbocycles. The first-order valence-electron chi connectivity index (χ1n) is 7.01. The first-order chi connectivity index (χ1) is 8.22. The molecular formula is C13H25N3O. The molecule has 0 saturated carbocycles. The zero-order chi connectivity index (χ0) is 12.3. The molecule has 4 heteroatoms. The number of nitrogens with one attached hydrogen (secondary N) is 1. The first kappa shape index (κ1) is 12.8. The number of amides is 1. The third-order valence-corrected chi connectivity index (χ3v) is 3.96. The fourth-order valence-electron chi connectivity index (χ4n) is 2.89. The molecule has 17 heavy (non-hydrogen) atoms. The van der Waals surface area contributed by atoms with E-state index in [-0.39, 0.29) is 18.1 Å². The van der Waals surface area contributed by atoms with Crippen LogP contribution in [0.15, 0.2) is 0 Å². The van der Waals surface area contributed by atoms with Crippen molar-refractivity contribution in [1.29, 1.82) is 0 Å². The van der Waals surface area contributed by atoms with Gasteiger partial charge in [-0.1, -0.05) is 13.3 Å². The lowest BCUT2D eigenvalue weighted by atomic mass is 10.1. The molecule has 2 aliphatic rings. The van der Waals surface area contributed by atoms with Gasteiger partial charge < -0.3 is 9.80 Å². The molecule has 0 aromatic rings. The number of hydrogen-bond donors (Lipinski definition) is 1. The maximum absolute atomic E-state index is 12.0. The van der Waals surface area contributed by atoms with E-state index in [2.05, 4.69) is 17.1 Å². The molecule has 98 valence electrons. The number of rotatable bonds is 4. The van der Waals surface area contributed by atoms with E-state index in [0.717, 1.165) is 19.5 Å². The Labute approximate surface area is 104 Å². The number of hydrogen-bond acceptors (Lipinski definition) is 3. The molecule has 4 nitrogen and oxygen atoms in total. The fourth-order valence-corrected chi connectivity index (χ4v) is 2.89. The van der Waals surface area contributed by atoms with E-state index < -0.39 is 0 Å². The Bertz CT molecular complexity index is 263. The standard InChI is InChI=1S/C13H25N3O/c1-3-12-14-11(2)13(17)16(12)10-9-15-7-5-4-6-8-15/h11-12,14H,3-10H2,1-2H3. The summed E-state index contributed by atoms with van der Waals surface area (Å²) in [6.07, 6.45) is 5.26. The monoisotopic (exact) mass is 239 g/mol. The van der Waals surface area contributed by atoms with E-state index in [4.69, 9.17) is 0 Å². The molecule has 2 aliphatic heterocycles. The van der Waals surface area contributed by atoms with Crippen LogP contribution in [-0.2, 0) is 4.79 Å². The second-order valence-electron chi connectivity index (χ2n) is 5.25. The third-order valence-electron chi connectivity index (χ3n) is 3.96. The summed E-state index contributed by atoms with van der Waals surface area (Å²) in [5.74, 6) is 0.272. The number of likely N-dealkylation sites (tertiary alicyclic amines) is 1. The van der Waals surface area contributed by atoms with E-state index >= 15 is 0 Å². The van der Waals surface area contributed by atoms with Crippen molar-refractivity contribution in [3.63, 3.8) is 0 Å². The second kappa shape index (κ2) is 5.83. The van der Waals surface area contributed by atoms with Crippen molar-refractivity contribution in [3.05, 3.63) is 0 Å². The van der Waals surface area contributed by atoms with Gasteiger partial charge in [0.05, 0.1) is 12.2 Å². The van der Waals surface area contributed by atoms with Gasteiger partial charge in [-0.2, -0.15) is 0 Å². The minimum Gasteiger partial charge on any atom is -0.325 e. The van der Waals surface area contributed by atoms with Crippen molar-refractivity contribution >= 4 is 5.91 Å². The van der Waals surface area contributed by atoms with Gasteiger partial charge in [0, 0.05) is 13.1 Å².